The van der Waals surface area contributed by atoms with E-state index in [1.165, 1.54) is 5.56 Å². The van der Waals surface area contributed by atoms with E-state index in [9.17, 15) is 5.11 Å². The van der Waals surface area contributed by atoms with Crippen LogP contribution in [0, 0.1) is 0 Å². The minimum absolute atomic E-state index is 0.272. The molecule has 2 N–H and O–H groups in total. The molecule has 2 rings (SSSR count). The lowest BCUT2D eigenvalue weighted by Gasteiger charge is -2.38. The molecule has 1 aromatic rings. The molecular weight excluding hydrogens is 304 g/mol. The molecule has 1 aliphatic heterocycles. The van der Waals surface area contributed by atoms with Crippen LogP contribution in [0.1, 0.15) is 31.4 Å². The van der Waals surface area contributed by atoms with Gasteiger partial charge >= 0.3 is 0 Å². The summed E-state index contributed by atoms with van der Waals surface area (Å²) in [7, 11) is 2.19. The maximum Gasteiger partial charge on any atom is 0.0636 e. The third-order valence-electron chi connectivity index (χ3n) is 3.83. The minimum atomic E-state index is -0.272. The number of benzene rings is 1. The van der Waals surface area contributed by atoms with Crippen molar-refractivity contribution < 1.29 is 5.11 Å². The molecule has 0 spiro atoms. The van der Waals surface area contributed by atoms with Gasteiger partial charge in [-0.2, -0.15) is 0 Å². The third-order valence-corrected chi connectivity index (χ3v) is 4.36. The molecular formula is C15H23BrN2O. The van der Waals surface area contributed by atoms with E-state index in [-0.39, 0.29) is 6.10 Å². The first-order valence-electron chi connectivity index (χ1n) is 6.93. The predicted molar refractivity (Wildman–Crippen MR) is 82.2 cm³/mol. The lowest BCUT2D eigenvalue weighted by Crippen LogP contribution is -2.44. The van der Waals surface area contributed by atoms with Crippen LogP contribution >= 0.6 is 15.9 Å². The van der Waals surface area contributed by atoms with Crippen molar-refractivity contribution in [2.75, 3.05) is 20.1 Å². The minimum Gasteiger partial charge on any atom is -0.392 e. The summed E-state index contributed by atoms with van der Waals surface area (Å²) in [5, 5.41) is 12.8. The molecule has 0 bridgehead atoms. The quantitative estimate of drug-likeness (QED) is 0.892. The fourth-order valence-corrected chi connectivity index (χ4v) is 2.95. The van der Waals surface area contributed by atoms with Crippen LogP contribution in [0.2, 0.25) is 0 Å². The third kappa shape index (κ3) is 4.28. The van der Waals surface area contributed by atoms with Gasteiger partial charge in [-0.05, 0) is 51.1 Å². The van der Waals surface area contributed by atoms with Crippen LogP contribution in [0.25, 0.3) is 0 Å². The number of likely N-dealkylation sites (tertiary alicyclic amines) is 1. The number of piperidine rings is 1. The van der Waals surface area contributed by atoms with Gasteiger partial charge in [0.1, 0.15) is 0 Å². The molecule has 0 amide bonds. The molecule has 0 radical (unpaired) electrons. The van der Waals surface area contributed by atoms with Crippen molar-refractivity contribution in [3.8, 4) is 0 Å². The highest BCUT2D eigenvalue weighted by Crippen LogP contribution is 2.30. The molecule has 1 aromatic carbocycles. The molecule has 3 atom stereocenters. The lowest BCUT2D eigenvalue weighted by molar-refractivity contribution is 0.138. The number of halogens is 1. The summed E-state index contributed by atoms with van der Waals surface area (Å²) in [6.07, 6.45) is 1.98. The Morgan fingerprint density at radius 2 is 2.11 bits per heavy atom. The zero-order chi connectivity index (χ0) is 13.8. The van der Waals surface area contributed by atoms with Crippen molar-refractivity contribution in [2.24, 2.45) is 0 Å². The Hall–Kier alpha value is -0.420. The van der Waals surface area contributed by atoms with Crippen molar-refractivity contribution in [3.63, 3.8) is 0 Å². The number of hydrogen-bond acceptors (Lipinski definition) is 3. The van der Waals surface area contributed by atoms with Crippen molar-refractivity contribution in [2.45, 2.75) is 38.0 Å². The normalized spacial score (nSPS) is 26.3. The fraction of sp³-hybridized carbons (Fsp3) is 0.600. The highest BCUT2D eigenvalue weighted by molar-refractivity contribution is 9.10. The first-order chi connectivity index (χ1) is 9.06. The summed E-state index contributed by atoms with van der Waals surface area (Å²) in [4.78, 5) is 2.42. The Kier molecular flexibility index (Phi) is 5.39. The van der Waals surface area contributed by atoms with E-state index in [0.29, 0.717) is 18.6 Å². The predicted octanol–water partition coefficient (Wildman–Crippen LogP) is 2.55. The molecule has 1 fully saturated rings. The number of rotatable bonds is 4. The molecule has 3 nitrogen and oxygen atoms in total. The van der Waals surface area contributed by atoms with E-state index in [1.807, 2.05) is 6.92 Å². The number of aliphatic hydroxyl groups excluding tert-OH is 1. The maximum absolute atomic E-state index is 9.37. The number of nitrogens with zero attached hydrogens (tertiary/aromatic N) is 1. The summed E-state index contributed by atoms with van der Waals surface area (Å²) in [6, 6.07) is 9.57. The Labute approximate surface area is 124 Å². The lowest BCUT2D eigenvalue weighted by atomic mass is 9.92. The Morgan fingerprint density at radius 1 is 1.42 bits per heavy atom. The highest BCUT2D eigenvalue weighted by Gasteiger charge is 2.26. The van der Waals surface area contributed by atoms with Crippen LogP contribution in [-0.4, -0.2) is 42.3 Å². The number of aliphatic hydroxyl groups is 1. The average Bonchev–Trinajstić information content (AvgIpc) is 2.39. The van der Waals surface area contributed by atoms with E-state index >= 15 is 0 Å². The van der Waals surface area contributed by atoms with Crippen molar-refractivity contribution >= 4 is 15.9 Å². The number of hydrogen-bond donors (Lipinski definition) is 2. The van der Waals surface area contributed by atoms with Crippen LogP contribution in [0.5, 0.6) is 0 Å². The van der Waals surface area contributed by atoms with Crippen LogP contribution in [0.3, 0.4) is 0 Å². The van der Waals surface area contributed by atoms with Gasteiger partial charge in [0.2, 0.25) is 0 Å². The van der Waals surface area contributed by atoms with Crippen molar-refractivity contribution in [1.29, 1.82) is 0 Å². The van der Waals surface area contributed by atoms with Gasteiger partial charge in [-0.3, -0.25) is 4.90 Å². The summed E-state index contributed by atoms with van der Waals surface area (Å²) < 4.78 is 1.12. The van der Waals surface area contributed by atoms with Crippen LogP contribution in [0.4, 0.5) is 0 Å². The van der Waals surface area contributed by atoms with E-state index in [0.717, 1.165) is 23.9 Å². The van der Waals surface area contributed by atoms with Crippen molar-refractivity contribution in [1.82, 2.24) is 10.2 Å². The molecule has 0 saturated carbocycles. The zero-order valence-electron chi connectivity index (χ0n) is 11.6. The molecule has 0 aliphatic carbocycles. The first kappa shape index (κ1) is 15.0. The molecule has 106 valence electrons. The standard InChI is InChI=1S/C15H23BrN2O/c1-11(19)10-17-14-7-8-18(2)15(9-14)12-3-5-13(16)6-4-12/h3-6,11,14-15,17,19H,7-10H2,1-2H3/t11-,14?,15?/m0/s1. The topological polar surface area (TPSA) is 35.5 Å². The van der Waals surface area contributed by atoms with Crippen LogP contribution in [0.15, 0.2) is 28.7 Å². The SMILES string of the molecule is C[C@H](O)CNC1CCN(C)C(c2ccc(Br)cc2)C1. The van der Waals surface area contributed by atoms with Gasteiger partial charge in [0.25, 0.3) is 0 Å². The summed E-state index contributed by atoms with van der Waals surface area (Å²) >= 11 is 3.48. The van der Waals surface area contributed by atoms with Crippen LogP contribution < -0.4 is 5.32 Å². The van der Waals surface area contributed by atoms with E-state index in [1.54, 1.807) is 0 Å². The molecule has 0 aromatic heterocycles. The van der Waals surface area contributed by atoms with E-state index in [4.69, 9.17) is 0 Å². The molecule has 1 saturated heterocycles. The largest absolute Gasteiger partial charge is 0.392 e. The Balaban J connectivity index is 2.00. The fourth-order valence-electron chi connectivity index (χ4n) is 2.68. The molecule has 4 heteroatoms. The van der Waals surface area contributed by atoms with Gasteiger partial charge in [-0.1, -0.05) is 28.1 Å². The molecule has 1 heterocycles. The van der Waals surface area contributed by atoms with Gasteiger partial charge in [0, 0.05) is 23.1 Å². The monoisotopic (exact) mass is 326 g/mol. The molecule has 19 heavy (non-hydrogen) atoms. The number of nitrogens with one attached hydrogen (secondary N) is 1. The van der Waals surface area contributed by atoms with Gasteiger partial charge < -0.3 is 10.4 Å². The molecule has 2 unspecified atom stereocenters. The van der Waals surface area contributed by atoms with Gasteiger partial charge in [0.05, 0.1) is 6.10 Å². The van der Waals surface area contributed by atoms with E-state index in [2.05, 4.69) is 57.5 Å². The zero-order valence-corrected chi connectivity index (χ0v) is 13.2. The Morgan fingerprint density at radius 3 is 2.74 bits per heavy atom. The first-order valence-corrected chi connectivity index (χ1v) is 7.72. The van der Waals surface area contributed by atoms with Gasteiger partial charge in [0.15, 0.2) is 0 Å². The smallest absolute Gasteiger partial charge is 0.0636 e. The second-order valence-electron chi connectivity index (χ2n) is 5.53. The van der Waals surface area contributed by atoms with Gasteiger partial charge in [-0.25, -0.2) is 0 Å². The summed E-state index contributed by atoms with van der Waals surface area (Å²) in [6.45, 7) is 3.60. The van der Waals surface area contributed by atoms with Gasteiger partial charge in [-0.15, -0.1) is 0 Å². The Bertz CT molecular complexity index is 394. The maximum atomic E-state index is 9.37. The van der Waals surface area contributed by atoms with E-state index < -0.39 is 0 Å². The molecule has 1 aliphatic rings. The summed E-state index contributed by atoms with van der Waals surface area (Å²) in [5.41, 5.74) is 1.37. The van der Waals surface area contributed by atoms with Crippen LogP contribution in [-0.2, 0) is 0 Å². The van der Waals surface area contributed by atoms with Crippen molar-refractivity contribution in [3.05, 3.63) is 34.3 Å². The highest BCUT2D eigenvalue weighted by atomic mass is 79.9. The average molecular weight is 327 g/mol. The summed E-state index contributed by atoms with van der Waals surface area (Å²) in [5.74, 6) is 0. The second-order valence-corrected chi connectivity index (χ2v) is 6.44. The second kappa shape index (κ2) is 6.84.